The molecule has 0 saturated carbocycles. The van der Waals surface area contributed by atoms with E-state index in [9.17, 15) is 0 Å². The maximum absolute atomic E-state index is 4.60. The molecule has 0 unspecified atom stereocenters. The summed E-state index contributed by atoms with van der Waals surface area (Å²) in [4.78, 5) is 9.09. The van der Waals surface area contributed by atoms with E-state index in [1.54, 1.807) is 0 Å². The van der Waals surface area contributed by atoms with Gasteiger partial charge in [0.05, 0.1) is 0 Å². The third kappa shape index (κ3) is 3.35. The first kappa shape index (κ1) is 15.8. The first-order valence-electron chi connectivity index (χ1n) is 7.05. The Hall–Kier alpha value is -1.62. The predicted molar refractivity (Wildman–Crippen MR) is 92.6 cm³/mol. The number of benzene rings is 1. The zero-order chi connectivity index (χ0) is 15.6. The molecule has 1 heterocycles. The second-order valence-corrected chi connectivity index (χ2v) is 5.91. The Morgan fingerprint density at radius 3 is 2.14 bits per heavy atom. The minimum Gasteiger partial charge on any atom is -0.373 e. The highest BCUT2D eigenvalue weighted by Crippen LogP contribution is 2.28. The van der Waals surface area contributed by atoms with E-state index < -0.39 is 0 Å². The molecule has 0 aliphatic carbocycles. The van der Waals surface area contributed by atoms with E-state index in [4.69, 9.17) is 0 Å². The molecule has 2 rings (SSSR count). The number of rotatable bonds is 4. The van der Waals surface area contributed by atoms with E-state index in [0.717, 1.165) is 39.6 Å². The van der Waals surface area contributed by atoms with Gasteiger partial charge in [-0.1, -0.05) is 22.9 Å². The highest BCUT2D eigenvalue weighted by atomic mass is 79.9. The molecule has 0 spiro atoms. The maximum Gasteiger partial charge on any atom is 0.139 e. The van der Waals surface area contributed by atoms with Crippen LogP contribution in [0.25, 0.3) is 0 Å². The summed E-state index contributed by atoms with van der Waals surface area (Å²) in [6, 6.07) is 4.23. The Morgan fingerprint density at radius 1 is 1.05 bits per heavy atom. The summed E-state index contributed by atoms with van der Waals surface area (Å²) in [6.45, 7) is 8.26. The van der Waals surface area contributed by atoms with E-state index in [1.807, 2.05) is 14.0 Å². The van der Waals surface area contributed by atoms with Crippen molar-refractivity contribution in [1.82, 2.24) is 9.97 Å². The minimum absolute atomic E-state index is 0.808. The van der Waals surface area contributed by atoms with Gasteiger partial charge < -0.3 is 10.6 Å². The number of aryl methyl sites for hydroxylation is 3. The molecule has 0 saturated heterocycles. The summed E-state index contributed by atoms with van der Waals surface area (Å²) in [5.74, 6) is 2.56. The fraction of sp³-hybridized carbons (Fsp3) is 0.375. The number of aromatic nitrogens is 2. The number of hydrogen-bond donors (Lipinski definition) is 2. The molecule has 4 nitrogen and oxygen atoms in total. The summed E-state index contributed by atoms with van der Waals surface area (Å²) in [5, 5.41) is 6.55. The van der Waals surface area contributed by atoms with Gasteiger partial charge in [0.1, 0.15) is 17.5 Å². The molecule has 0 atom stereocenters. The van der Waals surface area contributed by atoms with Crippen LogP contribution >= 0.6 is 15.9 Å². The first-order chi connectivity index (χ1) is 9.96. The van der Waals surface area contributed by atoms with Gasteiger partial charge in [-0.3, -0.25) is 0 Å². The van der Waals surface area contributed by atoms with Crippen LogP contribution in [0, 0.1) is 20.8 Å². The second-order valence-electron chi connectivity index (χ2n) is 5.11. The lowest BCUT2D eigenvalue weighted by atomic mass is 10.1. The van der Waals surface area contributed by atoms with Crippen LogP contribution in [0.5, 0.6) is 0 Å². The summed E-state index contributed by atoms with van der Waals surface area (Å²) >= 11 is 3.60. The zero-order valence-corrected chi connectivity index (χ0v) is 14.7. The molecule has 0 radical (unpaired) electrons. The lowest BCUT2D eigenvalue weighted by molar-refractivity contribution is 0.935. The molecule has 1 aromatic carbocycles. The molecule has 21 heavy (non-hydrogen) atoms. The minimum atomic E-state index is 0.808. The fourth-order valence-electron chi connectivity index (χ4n) is 2.24. The van der Waals surface area contributed by atoms with Crippen LogP contribution in [-0.4, -0.2) is 17.0 Å². The van der Waals surface area contributed by atoms with Gasteiger partial charge >= 0.3 is 0 Å². The lowest BCUT2D eigenvalue weighted by Crippen LogP contribution is -2.07. The number of anilines is 3. The largest absolute Gasteiger partial charge is 0.373 e. The van der Waals surface area contributed by atoms with Crippen molar-refractivity contribution in [1.29, 1.82) is 0 Å². The van der Waals surface area contributed by atoms with Crippen molar-refractivity contribution in [2.24, 2.45) is 0 Å². The van der Waals surface area contributed by atoms with Crippen LogP contribution in [0.3, 0.4) is 0 Å². The molecule has 0 aliphatic rings. The Bertz CT molecular complexity index is 645. The van der Waals surface area contributed by atoms with E-state index in [1.165, 1.54) is 11.1 Å². The van der Waals surface area contributed by atoms with Gasteiger partial charge in [-0.25, -0.2) is 9.97 Å². The van der Waals surface area contributed by atoms with Gasteiger partial charge in [0.25, 0.3) is 0 Å². The van der Waals surface area contributed by atoms with Gasteiger partial charge in [-0.2, -0.15) is 0 Å². The molecule has 112 valence electrons. The molecular weight excluding hydrogens is 328 g/mol. The van der Waals surface area contributed by atoms with Crippen LogP contribution in [0.1, 0.15) is 29.4 Å². The van der Waals surface area contributed by atoms with E-state index in [2.05, 4.69) is 69.4 Å². The van der Waals surface area contributed by atoms with Gasteiger partial charge in [-0.15, -0.1) is 0 Å². The highest BCUT2D eigenvalue weighted by Gasteiger charge is 2.10. The molecule has 0 fully saturated rings. The molecular formula is C16H21BrN4. The topological polar surface area (TPSA) is 49.8 Å². The Labute approximate surface area is 134 Å². The van der Waals surface area contributed by atoms with Crippen molar-refractivity contribution in [3.8, 4) is 0 Å². The second kappa shape index (κ2) is 6.43. The van der Waals surface area contributed by atoms with Crippen LogP contribution in [-0.2, 0) is 6.42 Å². The van der Waals surface area contributed by atoms with Crippen molar-refractivity contribution in [2.75, 3.05) is 17.7 Å². The van der Waals surface area contributed by atoms with E-state index >= 15 is 0 Å². The zero-order valence-electron chi connectivity index (χ0n) is 13.1. The number of hydrogen-bond acceptors (Lipinski definition) is 4. The third-order valence-corrected chi connectivity index (χ3v) is 4.70. The third-order valence-electron chi connectivity index (χ3n) is 3.44. The number of halogens is 1. The Morgan fingerprint density at radius 2 is 1.62 bits per heavy atom. The maximum atomic E-state index is 4.60. The summed E-state index contributed by atoms with van der Waals surface area (Å²) in [5.41, 5.74) is 4.47. The summed E-state index contributed by atoms with van der Waals surface area (Å²) in [6.07, 6.45) is 0.808. The van der Waals surface area contributed by atoms with Crippen molar-refractivity contribution in [3.63, 3.8) is 0 Å². The molecule has 5 heteroatoms. The molecule has 0 bridgehead atoms. The Balaban J connectivity index is 2.43. The molecule has 2 N–H and O–H groups in total. The van der Waals surface area contributed by atoms with Crippen LogP contribution in [0.4, 0.5) is 17.3 Å². The normalized spacial score (nSPS) is 10.6. The number of nitrogens with one attached hydrogen (secondary N) is 2. The molecule has 2 aromatic rings. The molecule has 0 amide bonds. The predicted octanol–water partition coefficient (Wildman–Crippen LogP) is 4.51. The van der Waals surface area contributed by atoms with E-state index in [-0.39, 0.29) is 0 Å². The van der Waals surface area contributed by atoms with Gasteiger partial charge in [0.2, 0.25) is 0 Å². The van der Waals surface area contributed by atoms with Crippen LogP contribution < -0.4 is 10.6 Å². The van der Waals surface area contributed by atoms with Crippen LogP contribution in [0.2, 0.25) is 0 Å². The summed E-state index contributed by atoms with van der Waals surface area (Å²) < 4.78 is 1.15. The van der Waals surface area contributed by atoms with E-state index in [0.29, 0.717) is 0 Å². The lowest BCUT2D eigenvalue weighted by Gasteiger charge is -2.15. The van der Waals surface area contributed by atoms with Crippen molar-refractivity contribution < 1.29 is 0 Å². The van der Waals surface area contributed by atoms with Crippen LogP contribution in [0.15, 0.2) is 16.6 Å². The summed E-state index contributed by atoms with van der Waals surface area (Å²) in [7, 11) is 1.88. The monoisotopic (exact) mass is 348 g/mol. The number of nitrogens with zero attached hydrogens (tertiary/aromatic N) is 2. The average Bonchev–Trinajstić information content (AvgIpc) is 2.46. The van der Waals surface area contributed by atoms with Crippen molar-refractivity contribution in [2.45, 2.75) is 34.1 Å². The smallest absolute Gasteiger partial charge is 0.139 e. The highest BCUT2D eigenvalue weighted by molar-refractivity contribution is 9.10. The SMILES string of the molecule is CCc1nc(NC)c(C)c(Nc2cc(C)c(Br)c(C)c2)n1. The average molecular weight is 349 g/mol. The Kier molecular flexibility index (Phi) is 4.83. The molecule has 1 aromatic heterocycles. The van der Waals surface area contributed by atoms with Crippen molar-refractivity contribution >= 4 is 33.3 Å². The van der Waals surface area contributed by atoms with Gasteiger partial charge in [0, 0.05) is 29.2 Å². The molecule has 0 aliphatic heterocycles. The van der Waals surface area contributed by atoms with Crippen molar-refractivity contribution in [3.05, 3.63) is 39.1 Å². The standard InChI is InChI=1S/C16H21BrN4/c1-6-13-20-15(18-5)11(4)16(21-13)19-12-7-9(2)14(17)10(3)8-12/h7-8H,6H2,1-5H3,(H2,18,19,20,21). The van der Waals surface area contributed by atoms with Gasteiger partial charge in [-0.05, 0) is 44.0 Å². The quantitative estimate of drug-likeness (QED) is 0.853. The first-order valence-corrected chi connectivity index (χ1v) is 7.84. The fourth-order valence-corrected chi connectivity index (χ4v) is 2.47. The van der Waals surface area contributed by atoms with Gasteiger partial charge in [0.15, 0.2) is 0 Å².